The second-order valence-electron chi connectivity index (χ2n) is 6.01. The van der Waals surface area contributed by atoms with Gasteiger partial charge in [-0.1, -0.05) is 0 Å². The van der Waals surface area contributed by atoms with Crippen LogP contribution in [0.3, 0.4) is 0 Å². The summed E-state index contributed by atoms with van der Waals surface area (Å²) in [6.07, 6.45) is 3.63. The minimum absolute atomic E-state index is 0.193. The minimum Gasteiger partial charge on any atom is -0.469 e. The third kappa shape index (κ3) is 6.36. The molecular weight excluding hydrogens is 256 g/mol. The van der Waals surface area contributed by atoms with Crippen LogP contribution in [0.25, 0.3) is 0 Å². The van der Waals surface area contributed by atoms with Gasteiger partial charge in [-0.2, -0.15) is 5.26 Å². The molecule has 0 bridgehead atoms. The van der Waals surface area contributed by atoms with Gasteiger partial charge in [0.1, 0.15) is 0 Å². The first kappa shape index (κ1) is 16.9. The molecule has 5 heteroatoms. The second-order valence-corrected chi connectivity index (χ2v) is 6.01. The molecule has 1 aliphatic heterocycles. The van der Waals surface area contributed by atoms with E-state index >= 15 is 0 Å². The monoisotopic (exact) mass is 282 g/mol. The molecule has 0 aliphatic carbocycles. The van der Waals surface area contributed by atoms with Crippen molar-refractivity contribution >= 4 is 5.97 Å². The predicted octanol–water partition coefficient (Wildman–Crippen LogP) is 1.97. The predicted molar refractivity (Wildman–Crippen MR) is 76.1 cm³/mol. The molecule has 0 aromatic carbocycles. The van der Waals surface area contributed by atoms with E-state index in [9.17, 15) is 4.79 Å². The van der Waals surface area contributed by atoms with Crippen LogP contribution < -0.4 is 0 Å². The first-order valence-electron chi connectivity index (χ1n) is 7.29. The van der Waals surface area contributed by atoms with Gasteiger partial charge in [-0.15, -0.1) is 0 Å². The van der Waals surface area contributed by atoms with Crippen LogP contribution in [0.1, 0.15) is 39.5 Å². The number of ether oxygens (including phenoxy) is 2. The van der Waals surface area contributed by atoms with Gasteiger partial charge in [0.05, 0.1) is 31.1 Å². The molecule has 0 saturated carbocycles. The SMILES string of the molecule is COC(=O)CCN(CCC(C)(C)C#N)CC1CCCO1. The molecule has 1 aliphatic rings. The fourth-order valence-electron chi connectivity index (χ4n) is 2.22. The first-order chi connectivity index (χ1) is 9.46. The Morgan fingerprint density at radius 1 is 1.50 bits per heavy atom. The van der Waals surface area contributed by atoms with Gasteiger partial charge in [-0.25, -0.2) is 0 Å². The Kier molecular flexibility index (Phi) is 6.97. The number of hydrogen-bond acceptors (Lipinski definition) is 5. The Morgan fingerprint density at radius 3 is 2.80 bits per heavy atom. The standard InChI is InChI=1S/C15H26N2O3/c1-15(2,12-16)7-9-17(8-6-14(18)19-3)11-13-5-4-10-20-13/h13H,4-11H2,1-3H3. The zero-order chi connectivity index (χ0) is 15.0. The Bertz CT molecular complexity index is 344. The third-order valence-electron chi connectivity index (χ3n) is 3.70. The van der Waals surface area contributed by atoms with E-state index in [0.717, 1.165) is 39.0 Å². The van der Waals surface area contributed by atoms with Crippen molar-refractivity contribution in [2.24, 2.45) is 5.41 Å². The molecule has 1 saturated heterocycles. The highest BCUT2D eigenvalue weighted by atomic mass is 16.5. The molecule has 0 spiro atoms. The maximum absolute atomic E-state index is 11.3. The van der Waals surface area contributed by atoms with Crippen LogP contribution in [0.15, 0.2) is 0 Å². The van der Waals surface area contributed by atoms with Crippen LogP contribution in [0.4, 0.5) is 0 Å². The molecule has 1 unspecified atom stereocenters. The van der Waals surface area contributed by atoms with Crippen LogP contribution in [0.5, 0.6) is 0 Å². The lowest BCUT2D eigenvalue weighted by atomic mass is 9.91. The summed E-state index contributed by atoms with van der Waals surface area (Å²) in [4.78, 5) is 13.5. The fourth-order valence-corrected chi connectivity index (χ4v) is 2.22. The quantitative estimate of drug-likeness (QED) is 0.637. The number of carbonyl (C=O) groups excluding carboxylic acids is 1. The van der Waals surface area contributed by atoms with Crippen molar-refractivity contribution in [3.05, 3.63) is 0 Å². The van der Waals surface area contributed by atoms with Gasteiger partial charge >= 0.3 is 5.97 Å². The van der Waals surface area contributed by atoms with Crippen LogP contribution >= 0.6 is 0 Å². The summed E-state index contributed by atoms with van der Waals surface area (Å²) in [5, 5.41) is 9.08. The van der Waals surface area contributed by atoms with Crippen LogP contribution in [-0.2, 0) is 14.3 Å². The van der Waals surface area contributed by atoms with E-state index in [1.807, 2.05) is 13.8 Å². The molecule has 0 amide bonds. The molecule has 5 nitrogen and oxygen atoms in total. The van der Waals surface area contributed by atoms with Crippen molar-refractivity contribution in [1.29, 1.82) is 5.26 Å². The van der Waals surface area contributed by atoms with Gasteiger partial charge in [0.25, 0.3) is 0 Å². The second kappa shape index (κ2) is 8.23. The molecule has 114 valence electrons. The smallest absolute Gasteiger partial charge is 0.306 e. The zero-order valence-electron chi connectivity index (χ0n) is 12.9. The molecule has 20 heavy (non-hydrogen) atoms. The van der Waals surface area contributed by atoms with Crippen molar-refractivity contribution in [3.63, 3.8) is 0 Å². The first-order valence-corrected chi connectivity index (χ1v) is 7.29. The number of nitrogens with zero attached hydrogens (tertiary/aromatic N) is 2. The summed E-state index contributed by atoms with van der Waals surface area (Å²) in [5.41, 5.74) is -0.333. The lowest BCUT2D eigenvalue weighted by Crippen LogP contribution is -2.36. The summed E-state index contributed by atoms with van der Waals surface area (Å²) >= 11 is 0. The number of nitriles is 1. The Balaban J connectivity index is 2.45. The topological polar surface area (TPSA) is 62.6 Å². The van der Waals surface area contributed by atoms with Crippen molar-refractivity contribution in [2.75, 3.05) is 33.4 Å². The van der Waals surface area contributed by atoms with Crippen LogP contribution in [0, 0.1) is 16.7 Å². The number of hydrogen-bond donors (Lipinski definition) is 0. The van der Waals surface area contributed by atoms with E-state index in [0.29, 0.717) is 13.0 Å². The van der Waals surface area contributed by atoms with Gasteiger partial charge in [0.2, 0.25) is 0 Å². The highest BCUT2D eigenvalue weighted by Crippen LogP contribution is 2.20. The van der Waals surface area contributed by atoms with Crippen molar-refractivity contribution in [2.45, 2.75) is 45.6 Å². The van der Waals surface area contributed by atoms with Crippen molar-refractivity contribution in [3.8, 4) is 6.07 Å². The molecule has 0 aromatic heterocycles. The molecule has 1 fully saturated rings. The van der Waals surface area contributed by atoms with Gasteiger partial charge in [-0.3, -0.25) is 4.79 Å². The maximum Gasteiger partial charge on any atom is 0.306 e. The zero-order valence-corrected chi connectivity index (χ0v) is 12.9. The molecular formula is C15H26N2O3. The van der Waals surface area contributed by atoms with E-state index in [4.69, 9.17) is 10.00 Å². The van der Waals surface area contributed by atoms with E-state index in [1.54, 1.807) is 0 Å². The summed E-state index contributed by atoms with van der Waals surface area (Å²) < 4.78 is 10.3. The lowest BCUT2D eigenvalue weighted by Gasteiger charge is -2.27. The number of methoxy groups -OCH3 is 1. The molecule has 0 N–H and O–H groups in total. The van der Waals surface area contributed by atoms with Gasteiger partial charge < -0.3 is 14.4 Å². The summed E-state index contributed by atoms with van der Waals surface area (Å²) in [5.74, 6) is -0.193. The largest absolute Gasteiger partial charge is 0.469 e. The maximum atomic E-state index is 11.3. The van der Waals surface area contributed by atoms with E-state index in [1.165, 1.54) is 7.11 Å². The third-order valence-corrected chi connectivity index (χ3v) is 3.70. The number of esters is 1. The Morgan fingerprint density at radius 2 is 2.25 bits per heavy atom. The van der Waals surface area contributed by atoms with Crippen molar-refractivity contribution in [1.82, 2.24) is 4.90 Å². The minimum atomic E-state index is -0.333. The van der Waals surface area contributed by atoms with Crippen molar-refractivity contribution < 1.29 is 14.3 Å². The van der Waals surface area contributed by atoms with Gasteiger partial charge in [-0.05, 0) is 39.7 Å². The summed E-state index contributed by atoms with van der Waals surface area (Å²) in [7, 11) is 1.41. The van der Waals surface area contributed by atoms with E-state index in [2.05, 4.69) is 15.7 Å². The summed E-state index contributed by atoms with van der Waals surface area (Å²) in [6.45, 7) is 7.01. The number of carbonyl (C=O) groups is 1. The summed E-state index contributed by atoms with van der Waals surface area (Å²) in [6, 6.07) is 2.32. The normalized spacial score (nSPS) is 19.1. The Labute approximate surface area is 121 Å². The number of rotatable bonds is 8. The van der Waals surface area contributed by atoms with E-state index in [-0.39, 0.29) is 17.5 Å². The van der Waals surface area contributed by atoms with Crippen LogP contribution in [0.2, 0.25) is 0 Å². The highest BCUT2D eigenvalue weighted by molar-refractivity contribution is 5.69. The van der Waals surface area contributed by atoms with Gasteiger partial charge in [0, 0.05) is 19.7 Å². The molecule has 1 heterocycles. The highest BCUT2D eigenvalue weighted by Gasteiger charge is 2.23. The van der Waals surface area contributed by atoms with Gasteiger partial charge in [0.15, 0.2) is 0 Å². The average Bonchev–Trinajstić information content (AvgIpc) is 2.94. The van der Waals surface area contributed by atoms with Crippen LogP contribution in [-0.4, -0.2) is 50.3 Å². The lowest BCUT2D eigenvalue weighted by molar-refractivity contribution is -0.141. The molecule has 0 radical (unpaired) electrons. The molecule has 0 aromatic rings. The fraction of sp³-hybridized carbons (Fsp3) is 0.867. The van der Waals surface area contributed by atoms with E-state index < -0.39 is 0 Å². The average molecular weight is 282 g/mol. The Hall–Kier alpha value is -1.12. The molecule has 1 atom stereocenters. The molecule has 1 rings (SSSR count).